The third-order valence-electron chi connectivity index (χ3n) is 6.70. The van der Waals surface area contributed by atoms with E-state index in [4.69, 9.17) is 4.74 Å². The van der Waals surface area contributed by atoms with Gasteiger partial charge >= 0.3 is 0 Å². The standard InChI is InChI=1S/C26H26N4O4S/c1-34-23-7-6-20(14-21(23)17-31)18-2-4-19(5-3-18)25(32)30-15-22(16-30)28-9-11-29(12-10-28)26(33)24-27-8-13-35-24/h2-8,13-14,17,22H,9-12,15-16H2,1H3. The van der Waals surface area contributed by atoms with E-state index in [2.05, 4.69) is 9.88 Å². The maximum Gasteiger partial charge on any atom is 0.282 e. The number of amides is 2. The fourth-order valence-electron chi connectivity index (χ4n) is 4.60. The number of carbonyl (C=O) groups excluding carboxylic acids is 3. The van der Waals surface area contributed by atoms with Crippen molar-refractivity contribution < 1.29 is 19.1 Å². The summed E-state index contributed by atoms with van der Waals surface area (Å²) in [5.74, 6) is 0.564. The van der Waals surface area contributed by atoms with Gasteiger partial charge in [0.1, 0.15) is 5.75 Å². The Labute approximate surface area is 207 Å². The average Bonchev–Trinajstić information content (AvgIpc) is 3.42. The fourth-order valence-corrected chi connectivity index (χ4v) is 5.20. The summed E-state index contributed by atoms with van der Waals surface area (Å²) in [5.41, 5.74) is 2.96. The Morgan fingerprint density at radius 3 is 2.31 bits per heavy atom. The Kier molecular flexibility index (Phi) is 6.61. The number of rotatable bonds is 6. The van der Waals surface area contributed by atoms with E-state index in [0.29, 0.717) is 54.1 Å². The molecule has 2 amide bonds. The van der Waals surface area contributed by atoms with Crippen molar-refractivity contribution in [3.8, 4) is 16.9 Å². The molecule has 3 heterocycles. The van der Waals surface area contributed by atoms with Crippen LogP contribution in [0.1, 0.15) is 30.5 Å². The van der Waals surface area contributed by atoms with E-state index >= 15 is 0 Å². The lowest BCUT2D eigenvalue weighted by Crippen LogP contribution is -2.64. The van der Waals surface area contributed by atoms with Crippen LogP contribution >= 0.6 is 11.3 Å². The Bertz CT molecular complexity index is 1210. The number of hydrogen-bond acceptors (Lipinski definition) is 7. The van der Waals surface area contributed by atoms with Gasteiger partial charge in [0, 0.05) is 62.5 Å². The van der Waals surface area contributed by atoms with E-state index in [1.165, 1.54) is 18.4 Å². The third kappa shape index (κ3) is 4.69. The van der Waals surface area contributed by atoms with Crippen LogP contribution in [0.25, 0.3) is 11.1 Å². The van der Waals surface area contributed by atoms with Gasteiger partial charge in [-0.3, -0.25) is 19.3 Å². The van der Waals surface area contributed by atoms with Crippen LogP contribution < -0.4 is 4.74 Å². The number of nitrogens with zero attached hydrogens (tertiary/aromatic N) is 4. The lowest BCUT2D eigenvalue weighted by Gasteiger charge is -2.48. The van der Waals surface area contributed by atoms with Gasteiger partial charge in [0.25, 0.3) is 11.8 Å². The van der Waals surface area contributed by atoms with Crippen LogP contribution in [0.2, 0.25) is 0 Å². The van der Waals surface area contributed by atoms with E-state index in [0.717, 1.165) is 30.5 Å². The number of aromatic nitrogens is 1. The van der Waals surface area contributed by atoms with Crippen LogP contribution in [0.15, 0.2) is 54.0 Å². The van der Waals surface area contributed by atoms with Crippen LogP contribution in [-0.4, -0.2) is 90.2 Å². The molecule has 2 aliphatic heterocycles. The molecule has 3 aromatic rings. The first kappa shape index (κ1) is 23.2. The van der Waals surface area contributed by atoms with Gasteiger partial charge in [-0.25, -0.2) is 4.98 Å². The van der Waals surface area contributed by atoms with E-state index in [-0.39, 0.29) is 11.8 Å². The zero-order chi connectivity index (χ0) is 24.4. The summed E-state index contributed by atoms with van der Waals surface area (Å²) in [4.78, 5) is 46.9. The van der Waals surface area contributed by atoms with Crippen LogP contribution in [-0.2, 0) is 0 Å². The lowest BCUT2D eigenvalue weighted by molar-refractivity contribution is 0.00853. The largest absolute Gasteiger partial charge is 0.496 e. The van der Waals surface area contributed by atoms with Crippen molar-refractivity contribution in [2.45, 2.75) is 6.04 Å². The first-order chi connectivity index (χ1) is 17.1. The number of ether oxygens (including phenoxy) is 1. The Balaban J connectivity index is 1.14. The van der Waals surface area contributed by atoms with Gasteiger partial charge in [0.15, 0.2) is 11.3 Å². The SMILES string of the molecule is COc1ccc(-c2ccc(C(=O)N3CC(N4CCN(C(=O)c5nccs5)CC4)C3)cc2)cc1C=O. The zero-order valence-electron chi connectivity index (χ0n) is 19.4. The minimum Gasteiger partial charge on any atom is -0.496 e. The Morgan fingerprint density at radius 1 is 0.971 bits per heavy atom. The molecule has 2 aromatic carbocycles. The summed E-state index contributed by atoms with van der Waals surface area (Å²) in [6, 6.07) is 13.3. The molecule has 0 N–H and O–H groups in total. The molecule has 0 bridgehead atoms. The van der Waals surface area contributed by atoms with Crippen LogP contribution in [0.4, 0.5) is 0 Å². The molecule has 0 radical (unpaired) electrons. The summed E-state index contributed by atoms with van der Waals surface area (Å²) in [5, 5.41) is 2.36. The second kappa shape index (κ2) is 9.97. The Hall–Kier alpha value is -3.56. The highest BCUT2D eigenvalue weighted by atomic mass is 32.1. The monoisotopic (exact) mass is 490 g/mol. The van der Waals surface area contributed by atoms with E-state index in [1.54, 1.807) is 18.3 Å². The van der Waals surface area contributed by atoms with Crippen LogP contribution in [0.5, 0.6) is 5.75 Å². The van der Waals surface area contributed by atoms with Crippen molar-refractivity contribution in [1.82, 2.24) is 19.7 Å². The van der Waals surface area contributed by atoms with E-state index in [9.17, 15) is 14.4 Å². The molecule has 0 saturated carbocycles. The maximum atomic E-state index is 12.9. The number of carbonyl (C=O) groups is 3. The van der Waals surface area contributed by atoms with Gasteiger partial charge in [-0.15, -0.1) is 11.3 Å². The molecular weight excluding hydrogens is 464 g/mol. The van der Waals surface area contributed by atoms with Crippen LogP contribution in [0, 0.1) is 0 Å². The summed E-state index contributed by atoms with van der Waals surface area (Å²) < 4.78 is 5.20. The highest BCUT2D eigenvalue weighted by Gasteiger charge is 2.37. The zero-order valence-corrected chi connectivity index (χ0v) is 20.2. The van der Waals surface area contributed by atoms with Gasteiger partial charge in [0.2, 0.25) is 0 Å². The predicted octanol–water partition coefficient (Wildman–Crippen LogP) is 2.91. The first-order valence-electron chi connectivity index (χ1n) is 11.5. The number of aldehydes is 1. The fraction of sp³-hybridized carbons (Fsp3) is 0.308. The molecule has 2 saturated heterocycles. The Morgan fingerprint density at radius 2 is 1.69 bits per heavy atom. The first-order valence-corrected chi connectivity index (χ1v) is 12.4. The minimum atomic E-state index is 0.00512. The van der Waals surface area contributed by atoms with Crippen molar-refractivity contribution in [2.24, 2.45) is 0 Å². The number of benzene rings is 2. The second-order valence-corrected chi connectivity index (χ2v) is 9.58. The molecule has 0 spiro atoms. The molecule has 9 heteroatoms. The summed E-state index contributed by atoms with van der Waals surface area (Å²) >= 11 is 1.37. The molecular formula is C26H26N4O4S. The van der Waals surface area contributed by atoms with Gasteiger partial charge < -0.3 is 14.5 Å². The minimum absolute atomic E-state index is 0.00512. The lowest BCUT2D eigenvalue weighted by atomic mass is 10.00. The van der Waals surface area contributed by atoms with Gasteiger partial charge in [-0.2, -0.15) is 0 Å². The molecule has 180 valence electrons. The van der Waals surface area contributed by atoms with Gasteiger partial charge in [0.05, 0.1) is 12.7 Å². The second-order valence-electron chi connectivity index (χ2n) is 8.68. The summed E-state index contributed by atoms with van der Waals surface area (Å²) in [7, 11) is 1.54. The quantitative estimate of drug-likeness (QED) is 0.494. The summed E-state index contributed by atoms with van der Waals surface area (Å²) in [6.45, 7) is 4.37. The topological polar surface area (TPSA) is 83.1 Å². The van der Waals surface area contributed by atoms with Crippen LogP contribution in [0.3, 0.4) is 0 Å². The van der Waals surface area contributed by atoms with Crippen molar-refractivity contribution >= 4 is 29.4 Å². The molecule has 1 aromatic heterocycles. The number of thiazole rings is 1. The normalized spacial score (nSPS) is 16.6. The average molecular weight is 491 g/mol. The number of methoxy groups -OCH3 is 1. The summed E-state index contributed by atoms with van der Waals surface area (Å²) in [6.07, 6.45) is 2.43. The van der Waals surface area contributed by atoms with E-state index < -0.39 is 0 Å². The molecule has 2 aliphatic rings. The van der Waals surface area contributed by atoms with E-state index in [1.807, 2.05) is 45.5 Å². The number of piperazine rings is 1. The molecule has 2 fully saturated rings. The molecule has 5 rings (SSSR count). The van der Waals surface area contributed by atoms with Crippen molar-refractivity contribution in [1.29, 1.82) is 0 Å². The third-order valence-corrected chi connectivity index (χ3v) is 7.47. The molecule has 35 heavy (non-hydrogen) atoms. The molecule has 0 atom stereocenters. The predicted molar refractivity (Wildman–Crippen MR) is 133 cm³/mol. The van der Waals surface area contributed by atoms with Crippen molar-refractivity contribution in [3.63, 3.8) is 0 Å². The highest BCUT2D eigenvalue weighted by Crippen LogP contribution is 2.27. The van der Waals surface area contributed by atoms with Gasteiger partial charge in [-0.05, 0) is 35.4 Å². The molecule has 0 aliphatic carbocycles. The van der Waals surface area contributed by atoms with Crippen molar-refractivity contribution in [2.75, 3.05) is 46.4 Å². The smallest absolute Gasteiger partial charge is 0.282 e. The number of hydrogen-bond donors (Lipinski definition) is 0. The van der Waals surface area contributed by atoms with Crippen molar-refractivity contribution in [3.05, 3.63) is 70.2 Å². The molecule has 8 nitrogen and oxygen atoms in total. The highest BCUT2D eigenvalue weighted by molar-refractivity contribution is 7.11. The van der Waals surface area contributed by atoms with Gasteiger partial charge in [-0.1, -0.05) is 18.2 Å². The number of likely N-dealkylation sites (tertiary alicyclic amines) is 1. The molecule has 0 unspecified atom stereocenters. The maximum absolute atomic E-state index is 12.9.